The predicted molar refractivity (Wildman–Crippen MR) is 63.8 cm³/mol. The number of urea groups is 1. The molecule has 16 heavy (non-hydrogen) atoms. The molecule has 2 rings (SSSR count). The van der Waals surface area contributed by atoms with Gasteiger partial charge in [0.25, 0.3) is 0 Å². The molecule has 1 aromatic heterocycles. The number of aromatic nitrogens is 1. The molecular formula is C9H9ClN4OS. The van der Waals surface area contributed by atoms with Gasteiger partial charge in [0.2, 0.25) is 0 Å². The van der Waals surface area contributed by atoms with E-state index in [1.165, 1.54) is 22.4 Å². The highest BCUT2D eigenvalue weighted by Gasteiger charge is 2.35. The molecule has 1 atom stereocenters. The number of nitrogens with two attached hydrogens (primary N) is 1. The number of hydrogen-bond donors (Lipinski definition) is 1. The summed E-state index contributed by atoms with van der Waals surface area (Å²) in [7, 11) is 0. The molecule has 0 radical (unpaired) electrons. The van der Waals surface area contributed by atoms with Crippen molar-refractivity contribution in [1.82, 2.24) is 9.88 Å². The van der Waals surface area contributed by atoms with E-state index in [-0.39, 0.29) is 11.9 Å². The summed E-state index contributed by atoms with van der Waals surface area (Å²) in [6.45, 7) is 3.97. The van der Waals surface area contributed by atoms with Crippen molar-refractivity contribution < 1.29 is 4.79 Å². The van der Waals surface area contributed by atoms with Crippen molar-refractivity contribution in [2.24, 2.45) is 10.7 Å². The lowest BCUT2D eigenvalue weighted by Crippen LogP contribution is -2.33. The first-order valence-electron chi connectivity index (χ1n) is 4.50. The Morgan fingerprint density at radius 1 is 1.75 bits per heavy atom. The monoisotopic (exact) mass is 256 g/mol. The SMILES string of the molecule is C=CCN1C(=O)N=C(N)C1c1ncc(Cl)s1. The summed E-state index contributed by atoms with van der Waals surface area (Å²) >= 11 is 7.09. The van der Waals surface area contributed by atoms with Crippen LogP contribution in [0.4, 0.5) is 4.79 Å². The van der Waals surface area contributed by atoms with E-state index in [9.17, 15) is 4.79 Å². The third kappa shape index (κ3) is 1.81. The molecule has 0 fully saturated rings. The highest BCUT2D eigenvalue weighted by Crippen LogP contribution is 2.31. The lowest BCUT2D eigenvalue weighted by atomic mass is 10.2. The molecule has 1 unspecified atom stereocenters. The molecule has 2 N–H and O–H groups in total. The molecule has 0 saturated heterocycles. The molecule has 2 heterocycles. The Morgan fingerprint density at radius 2 is 2.50 bits per heavy atom. The Bertz CT molecular complexity index is 470. The first-order valence-corrected chi connectivity index (χ1v) is 5.69. The van der Waals surface area contributed by atoms with E-state index < -0.39 is 6.04 Å². The largest absolute Gasteiger partial charge is 0.385 e. The Labute approximate surface area is 101 Å². The minimum atomic E-state index is -0.414. The lowest BCUT2D eigenvalue weighted by molar-refractivity contribution is 0.212. The molecule has 1 aliphatic heterocycles. The number of carbonyl (C=O) groups excluding carboxylic acids is 1. The Hall–Kier alpha value is -1.40. The maximum absolute atomic E-state index is 11.5. The topological polar surface area (TPSA) is 71.6 Å². The molecule has 0 bridgehead atoms. The van der Waals surface area contributed by atoms with Gasteiger partial charge >= 0.3 is 6.03 Å². The molecule has 5 nitrogen and oxygen atoms in total. The number of aliphatic imine (C=N–C) groups is 1. The molecule has 0 saturated carbocycles. The van der Waals surface area contributed by atoms with Gasteiger partial charge < -0.3 is 10.6 Å². The van der Waals surface area contributed by atoms with Gasteiger partial charge in [-0.3, -0.25) is 0 Å². The Kier molecular flexibility index (Phi) is 2.93. The van der Waals surface area contributed by atoms with E-state index in [0.29, 0.717) is 15.9 Å². The standard InChI is InChI=1S/C9H9ClN4OS/c1-2-3-14-6(7(11)13-9(14)15)8-12-4-5(10)16-8/h2,4,6H,1,3H2,(H2,11,13,15). The number of carbonyl (C=O) groups is 1. The van der Waals surface area contributed by atoms with Crippen LogP contribution < -0.4 is 5.73 Å². The summed E-state index contributed by atoms with van der Waals surface area (Å²) in [6.07, 6.45) is 3.15. The van der Waals surface area contributed by atoms with E-state index in [0.717, 1.165) is 0 Å². The van der Waals surface area contributed by atoms with Crippen molar-refractivity contribution >= 4 is 34.8 Å². The van der Waals surface area contributed by atoms with Gasteiger partial charge in [0, 0.05) is 6.54 Å². The van der Waals surface area contributed by atoms with Crippen LogP contribution in [0.15, 0.2) is 23.8 Å². The average molecular weight is 257 g/mol. The molecule has 0 aromatic carbocycles. The number of amidine groups is 1. The van der Waals surface area contributed by atoms with E-state index in [2.05, 4.69) is 16.6 Å². The van der Waals surface area contributed by atoms with Crippen molar-refractivity contribution in [1.29, 1.82) is 0 Å². The zero-order valence-corrected chi connectivity index (χ0v) is 9.83. The summed E-state index contributed by atoms with van der Waals surface area (Å²) in [6, 6.07) is -0.781. The number of hydrogen-bond acceptors (Lipinski definition) is 4. The number of amides is 2. The molecular weight excluding hydrogens is 248 g/mol. The predicted octanol–water partition coefficient (Wildman–Crippen LogP) is 1.82. The van der Waals surface area contributed by atoms with Crippen LogP contribution in [0, 0.1) is 0 Å². The fourth-order valence-corrected chi connectivity index (χ4v) is 2.54. The average Bonchev–Trinajstić information content (AvgIpc) is 2.73. The van der Waals surface area contributed by atoms with E-state index in [1.54, 1.807) is 6.08 Å². The second-order valence-electron chi connectivity index (χ2n) is 3.17. The van der Waals surface area contributed by atoms with Gasteiger partial charge in [-0.15, -0.1) is 17.9 Å². The van der Waals surface area contributed by atoms with Crippen LogP contribution in [0.5, 0.6) is 0 Å². The van der Waals surface area contributed by atoms with Crippen molar-refractivity contribution in [2.75, 3.05) is 6.54 Å². The van der Waals surface area contributed by atoms with Gasteiger partial charge in [-0.1, -0.05) is 17.7 Å². The van der Waals surface area contributed by atoms with Gasteiger partial charge in [0.15, 0.2) is 0 Å². The molecule has 0 spiro atoms. The molecule has 1 aromatic rings. The zero-order chi connectivity index (χ0) is 11.7. The summed E-state index contributed by atoms with van der Waals surface area (Å²) < 4.78 is 0.556. The first-order chi connectivity index (χ1) is 7.63. The van der Waals surface area contributed by atoms with Crippen LogP contribution in [0.1, 0.15) is 11.0 Å². The van der Waals surface area contributed by atoms with Crippen LogP contribution in [0.3, 0.4) is 0 Å². The normalized spacial score (nSPS) is 20.1. The Morgan fingerprint density at radius 3 is 3.06 bits per heavy atom. The van der Waals surface area contributed by atoms with Gasteiger partial charge in [-0.05, 0) is 0 Å². The fourth-order valence-electron chi connectivity index (χ4n) is 1.48. The van der Waals surface area contributed by atoms with E-state index in [4.69, 9.17) is 17.3 Å². The molecule has 1 aliphatic rings. The number of nitrogens with zero attached hydrogens (tertiary/aromatic N) is 3. The Balaban J connectivity index is 2.34. The minimum absolute atomic E-state index is 0.248. The number of halogens is 1. The third-order valence-corrected chi connectivity index (χ3v) is 3.28. The number of thiazole rings is 1. The summed E-state index contributed by atoms with van der Waals surface area (Å²) in [5.74, 6) is 0.248. The number of rotatable bonds is 3. The highest BCUT2D eigenvalue weighted by atomic mass is 35.5. The van der Waals surface area contributed by atoms with Gasteiger partial charge in [0.1, 0.15) is 21.2 Å². The van der Waals surface area contributed by atoms with Crippen molar-refractivity contribution in [3.8, 4) is 0 Å². The smallest absolute Gasteiger partial charge is 0.346 e. The van der Waals surface area contributed by atoms with Crippen LogP contribution in [0.25, 0.3) is 0 Å². The van der Waals surface area contributed by atoms with Gasteiger partial charge in [0.05, 0.1) is 6.20 Å². The highest BCUT2D eigenvalue weighted by molar-refractivity contribution is 7.16. The second-order valence-corrected chi connectivity index (χ2v) is 4.86. The van der Waals surface area contributed by atoms with Gasteiger partial charge in [-0.2, -0.15) is 4.99 Å². The second kappa shape index (κ2) is 4.23. The summed E-state index contributed by atoms with van der Waals surface area (Å²) in [5, 5.41) is 0.666. The maximum Gasteiger partial charge on any atom is 0.346 e. The van der Waals surface area contributed by atoms with E-state index >= 15 is 0 Å². The van der Waals surface area contributed by atoms with Crippen LogP contribution in [0.2, 0.25) is 4.34 Å². The van der Waals surface area contributed by atoms with Crippen LogP contribution in [-0.4, -0.2) is 28.3 Å². The van der Waals surface area contributed by atoms with Crippen molar-refractivity contribution in [2.45, 2.75) is 6.04 Å². The zero-order valence-electron chi connectivity index (χ0n) is 8.26. The fraction of sp³-hybridized carbons (Fsp3) is 0.222. The van der Waals surface area contributed by atoms with E-state index in [1.807, 2.05) is 0 Å². The quantitative estimate of drug-likeness (QED) is 0.839. The molecule has 84 valence electrons. The lowest BCUT2D eigenvalue weighted by Gasteiger charge is -2.20. The van der Waals surface area contributed by atoms with Crippen molar-refractivity contribution in [3.63, 3.8) is 0 Å². The first kappa shape index (κ1) is 11.1. The van der Waals surface area contributed by atoms with Crippen LogP contribution >= 0.6 is 22.9 Å². The molecule has 7 heteroatoms. The summed E-state index contributed by atoms with van der Waals surface area (Å²) in [4.78, 5) is 20.8. The van der Waals surface area contributed by atoms with Crippen LogP contribution in [-0.2, 0) is 0 Å². The third-order valence-electron chi connectivity index (χ3n) is 2.12. The minimum Gasteiger partial charge on any atom is -0.385 e. The van der Waals surface area contributed by atoms with Gasteiger partial charge in [-0.25, -0.2) is 9.78 Å². The molecule has 2 amide bonds. The molecule has 0 aliphatic carbocycles. The maximum atomic E-state index is 11.5. The van der Waals surface area contributed by atoms with Crippen molar-refractivity contribution in [3.05, 3.63) is 28.2 Å². The summed E-state index contributed by atoms with van der Waals surface area (Å²) in [5.41, 5.74) is 5.71.